The molecule has 4 aliphatic rings. The van der Waals surface area contributed by atoms with Crippen molar-refractivity contribution in [2.75, 3.05) is 129 Å². The Bertz CT molecular complexity index is 9040. The largest absolute Gasteiger partial charge is 0.384 e. The van der Waals surface area contributed by atoms with Gasteiger partial charge in [0.05, 0.1) is 103 Å². The van der Waals surface area contributed by atoms with E-state index in [1.54, 1.807) is 66.7 Å². The summed E-state index contributed by atoms with van der Waals surface area (Å²) in [7, 11) is -14.4. The van der Waals surface area contributed by atoms with E-state index in [2.05, 4.69) is 71.9 Å². The molecule has 2 saturated heterocycles. The number of aromatic amines is 4. The predicted octanol–water partition coefficient (Wildman–Crippen LogP) is 11.5. The van der Waals surface area contributed by atoms with Crippen LogP contribution in [-0.2, 0) is 51.3 Å². The molecule has 0 bridgehead atoms. The molecule has 0 radical (unpaired) electrons. The molecule has 20 rings (SSSR count). The fourth-order valence-electron chi connectivity index (χ4n) is 16.2. The summed E-state index contributed by atoms with van der Waals surface area (Å²) in [4.78, 5) is 175. The van der Waals surface area contributed by atoms with Gasteiger partial charge < -0.3 is 71.7 Å². The number of aliphatic imine (C=N–C) groups is 1. The fraction of sp³-hybridized carbons (Fsp3) is 0.181. The van der Waals surface area contributed by atoms with E-state index in [1.165, 1.54) is 158 Å². The highest BCUT2D eigenvalue weighted by Crippen LogP contribution is 2.32. The number of amides is 8. The Labute approximate surface area is 884 Å². The van der Waals surface area contributed by atoms with Crippen molar-refractivity contribution in [3.63, 3.8) is 0 Å². The number of likely N-dealkylation sites (tertiary alicyclic amines) is 1. The molecule has 12 heterocycles. The molecule has 8 amide bonds. The maximum absolute atomic E-state index is 13.2. The first-order valence-electron chi connectivity index (χ1n) is 45.2. The van der Waals surface area contributed by atoms with E-state index in [4.69, 9.17) is 51.1 Å². The van der Waals surface area contributed by atoms with Gasteiger partial charge in [-0.15, -0.1) is 45.3 Å². The van der Waals surface area contributed by atoms with Crippen LogP contribution in [0.2, 0.25) is 17.3 Å². The van der Waals surface area contributed by atoms with E-state index >= 15 is 0 Å². The Hall–Kier alpha value is -14.9. The van der Waals surface area contributed by atoms with Crippen molar-refractivity contribution in [3.05, 3.63) is 324 Å². The molecule has 8 aromatic heterocycles. The minimum Gasteiger partial charge on any atom is -0.384 e. The van der Waals surface area contributed by atoms with Gasteiger partial charge in [0.2, 0.25) is 0 Å². The van der Waals surface area contributed by atoms with Crippen LogP contribution >= 0.6 is 91.8 Å². The zero-order valence-corrected chi connectivity index (χ0v) is 87.5. The van der Waals surface area contributed by atoms with Crippen LogP contribution in [0.15, 0.2) is 273 Å². The Balaban J connectivity index is 0.000000136. The minimum absolute atomic E-state index is 0.0978. The molecule has 2 fully saturated rings. The number of H-pyrrole nitrogens is 4. The number of aromatic nitrogens is 8. The summed E-state index contributed by atoms with van der Waals surface area (Å²) in [5.74, 6) is 0.797. The number of thiophene rings is 4. The van der Waals surface area contributed by atoms with Crippen molar-refractivity contribution < 1.29 is 57.6 Å². The number of sulfonamides is 4. The molecule has 56 heteroatoms. The molecular weight excluding hydrogens is 2190 g/mol. The second kappa shape index (κ2) is 45.7. The number of hydrogen-bond donors (Lipinski definition) is 15. The first kappa shape index (κ1) is 106. The quantitative estimate of drug-likeness (QED) is 0.0253. The summed E-state index contributed by atoms with van der Waals surface area (Å²) in [6.07, 6.45) is 3.25. The van der Waals surface area contributed by atoms with Crippen molar-refractivity contribution >= 4 is 245 Å². The number of morpholine rings is 1. The Morgan fingerprint density at radius 1 is 0.367 bits per heavy atom. The number of carbonyl (C=O) groups is 4. The first-order chi connectivity index (χ1) is 71.7. The van der Waals surface area contributed by atoms with E-state index < -0.39 is 109 Å². The van der Waals surface area contributed by atoms with Crippen molar-refractivity contribution in [2.24, 2.45) is 4.99 Å². The standard InChI is InChI=1S/C25H25ClN6O6S2.C25H25ClN6O5S2.C23H19ClN6O5S2.C21H16ClN5O5S2/c26-21-7-8-22(39-21)40(36,37)30-24(34)28-16-1-4-18(5-2-16)32-23(33)19-6-3-17(15-20(19)29-25(32)35)27-9-10-31-11-13-38-14-12-31;26-21-9-10-22(38-21)39(36,37)30-24(34)28-16-3-6-18(7-4-16)32-23(33)19-8-5-17(15-20(19)29-25(32)35)27-11-14-31-12-1-2-13-31;1-29-11-10-25-20(29)13-2-7-16-17(12-13)27-23(33)30(21(16)31)15-5-3-14(4-6-15)26-22(32)28-37(34,35)19-9-8-18(24)36-19;22-17-5-6-18(33-17)34(31,32)26-20(29)24-12-1-3-13(4-2-12)27-19(28)14-9-11-7-8-23-15(11)10-16(14)25-21(27)30/h1-8,15,27H,9-14H2,(H,29,35)(H2,28,30,34);3-10,15,27H,1-2,11-14H2,(H,29,35)(H2,28,30,34);2-9,12H,10-11H2,1H3,(H,27,33)(H2,26,28,32);1-6,9-10,23H,7-8H2,(H,25,30)(H2,24,26,29). The second-order valence-electron chi connectivity index (χ2n) is 33.4. The van der Waals surface area contributed by atoms with Gasteiger partial charge in [-0.1, -0.05) is 52.5 Å². The highest BCUT2D eigenvalue weighted by atomic mass is 35.5. The van der Waals surface area contributed by atoms with Gasteiger partial charge in [0.25, 0.3) is 62.3 Å². The van der Waals surface area contributed by atoms with Crippen LogP contribution in [0.1, 0.15) is 24.0 Å². The number of benzene rings is 8. The summed E-state index contributed by atoms with van der Waals surface area (Å²) in [6.45, 7) is 11.0. The summed E-state index contributed by atoms with van der Waals surface area (Å²) in [6, 6.07) is 49.3. The molecule has 8 aromatic carbocycles. The van der Waals surface area contributed by atoms with Gasteiger partial charge in [-0.2, -0.15) is 0 Å². The Morgan fingerprint density at radius 2 is 0.680 bits per heavy atom. The minimum atomic E-state index is -4.09. The number of rotatable bonds is 25. The van der Waals surface area contributed by atoms with E-state index in [-0.39, 0.29) is 74.0 Å². The molecule has 4 aliphatic heterocycles. The van der Waals surface area contributed by atoms with Crippen LogP contribution in [0.25, 0.3) is 66.4 Å². The van der Waals surface area contributed by atoms with E-state index in [0.29, 0.717) is 62.4 Å². The third-order valence-corrected chi connectivity index (χ3v) is 35.6. The number of hydrogen-bond acceptors (Lipinski definition) is 32. The molecule has 15 N–H and O–H groups in total. The Kier molecular flexibility index (Phi) is 32.4. The lowest BCUT2D eigenvalue weighted by molar-refractivity contribution is 0.0398. The number of halogens is 4. The maximum atomic E-state index is 13.2. The molecule has 778 valence electrons. The third-order valence-electron chi connectivity index (χ3n) is 23.4. The number of nitrogens with one attached hydrogen (secondary N) is 15. The SMILES string of the molecule is CN1CCN=C1c1ccc2c(=O)n(-c3ccc(NC(=O)NS(=O)(=O)c4ccc(Cl)s4)cc3)c(=O)[nH]c2c1.O=C(Nc1ccc(-n2c(=O)[nH]c3cc(NCCN4CCCC4)ccc3c2=O)cc1)NS(=O)(=O)c1ccc(Cl)s1.O=C(Nc1ccc(-n2c(=O)[nH]c3cc(NCCN4CCOCC4)ccc3c2=O)cc1)NS(=O)(=O)c1ccc(Cl)s1.O=C(Nc1ccc(-n2c(=O)[nH]c3cc4c(cc3c2=O)CCN4)cc1)NS(=O)(=O)c1ccc(Cl)s1. The van der Waals surface area contributed by atoms with Crippen LogP contribution in [0.5, 0.6) is 0 Å². The topological polar surface area (TPSA) is 588 Å². The van der Waals surface area contributed by atoms with Crippen LogP contribution in [0, 0.1) is 0 Å². The zero-order valence-electron chi connectivity index (χ0n) is 77.9. The van der Waals surface area contributed by atoms with Crippen LogP contribution in [-0.4, -0.2) is 209 Å². The summed E-state index contributed by atoms with van der Waals surface area (Å²) in [5.41, 5.74) is 3.68. The molecule has 0 saturated carbocycles. The van der Waals surface area contributed by atoms with Gasteiger partial charge in [0.15, 0.2) is 0 Å². The monoisotopic (exact) mass is 2270 g/mol. The van der Waals surface area contributed by atoms with Crippen LogP contribution in [0.3, 0.4) is 0 Å². The van der Waals surface area contributed by atoms with Gasteiger partial charge in [-0.05, 0) is 244 Å². The smallest absolute Gasteiger partial charge is 0.333 e. The molecule has 0 unspecified atom stereocenters. The normalized spacial score (nSPS) is 13.7. The maximum Gasteiger partial charge on any atom is 0.333 e. The van der Waals surface area contributed by atoms with Crippen molar-refractivity contribution in [2.45, 2.75) is 36.1 Å². The Morgan fingerprint density at radius 3 is 1.01 bits per heavy atom. The molecular formula is C94H85Cl4N23O21S8. The first-order valence-corrected chi connectivity index (χ1v) is 55.9. The number of amidine groups is 1. The van der Waals surface area contributed by atoms with Crippen molar-refractivity contribution in [3.8, 4) is 22.7 Å². The van der Waals surface area contributed by atoms with Gasteiger partial charge in [0.1, 0.15) is 22.7 Å². The number of fused-ring (bicyclic) bond motifs is 5. The van der Waals surface area contributed by atoms with Crippen LogP contribution < -0.4 is 101 Å². The van der Waals surface area contributed by atoms with Crippen molar-refractivity contribution in [1.29, 1.82) is 0 Å². The number of likely N-dealkylation sites (N-methyl/N-ethyl adjacent to an activating group) is 1. The number of carbonyl (C=O) groups excluding carboxylic acids is 4. The predicted molar refractivity (Wildman–Crippen MR) is 581 cm³/mol. The lowest BCUT2D eigenvalue weighted by Gasteiger charge is -2.26. The lowest BCUT2D eigenvalue weighted by atomic mass is 10.1. The average Bonchev–Trinajstić information content (AvgIpc) is 1.25. The van der Waals surface area contributed by atoms with E-state index in [1.807, 2.05) is 30.8 Å². The average molecular weight is 2270 g/mol. The third kappa shape index (κ3) is 25.3. The van der Waals surface area contributed by atoms with Gasteiger partial charge in [-0.25, -0.2) is 109 Å². The molecule has 44 nitrogen and oxygen atoms in total. The van der Waals surface area contributed by atoms with Gasteiger partial charge in [0, 0.05) is 105 Å². The summed E-state index contributed by atoms with van der Waals surface area (Å²) < 4.78 is 116. The van der Waals surface area contributed by atoms with Gasteiger partial charge >= 0.3 is 46.9 Å². The van der Waals surface area contributed by atoms with Crippen molar-refractivity contribution in [1.82, 2.24) is 71.8 Å². The zero-order chi connectivity index (χ0) is 106. The summed E-state index contributed by atoms with van der Waals surface area (Å²) in [5, 5.41) is 20.9. The molecule has 0 aliphatic carbocycles. The van der Waals surface area contributed by atoms with Gasteiger partial charge in [-0.3, -0.25) is 29.1 Å². The number of urea groups is 4. The molecule has 16 aromatic rings. The highest BCUT2D eigenvalue weighted by Gasteiger charge is 2.28. The highest BCUT2D eigenvalue weighted by molar-refractivity contribution is 7.93. The van der Waals surface area contributed by atoms with E-state index in [0.717, 1.165) is 176 Å². The number of anilines is 7. The lowest BCUT2D eigenvalue weighted by Crippen LogP contribution is -2.39. The molecule has 0 atom stereocenters. The van der Waals surface area contributed by atoms with Crippen LogP contribution in [0.4, 0.5) is 59.0 Å². The second-order valence-corrected chi connectivity index (χ2v) is 47.9. The van der Waals surface area contributed by atoms with E-state index in [9.17, 15) is 91.2 Å². The molecule has 0 spiro atoms. The molecule has 150 heavy (non-hydrogen) atoms. The number of nitrogens with zero attached hydrogens (tertiary/aromatic N) is 8. The fourth-order valence-corrected chi connectivity index (χ4v) is 25.8. The summed E-state index contributed by atoms with van der Waals surface area (Å²) >= 11 is 26.3. The number of ether oxygens (including phenoxy) is 1.